The lowest BCUT2D eigenvalue weighted by atomic mass is 10.1. The van der Waals surface area contributed by atoms with Crippen LogP contribution in [0.3, 0.4) is 0 Å². The van der Waals surface area contributed by atoms with E-state index in [4.69, 9.17) is 0 Å². The van der Waals surface area contributed by atoms with Crippen LogP contribution in [0.1, 0.15) is 32.9 Å². The summed E-state index contributed by atoms with van der Waals surface area (Å²) >= 11 is 0. The molecule has 0 N–H and O–H groups in total. The van der Waals surface area contributed by atoms with Gasteiger partial charge in [-0.1, -0.05) is 46.0 Å². The molecule has 0 aliphatic heterocycles. The highest BCUT2D eigenvalue weighted by Gasteiger charge is 2.15. The van der Waals surface area contributed by atoms with E-state index in [1.54, 1.807) is 11.1 Å². The molecule has 0 unspecified atom stereocenters. The lowest BCUT2D eigenvalue weighted by Gasteiger charge is -1.93. The van der Waals surface area contributed by atoms with Crippen molar-refractivity contribution in [2.24, 2.45) is 5.92 Å². The molecular weight excluding hydrogens is 144 g/mol. The fourth-order valence-electron chi connectivity index (χ4n) is 1.78. The number of hydrogen-bond acceptors (Lipinski definition) is 0. The molecule has 0 radical (unpaired) electrons. The highest BCUT2D eigenvalue weighted by molar-refractivity contribution is 5.31. The Morgan fingerprint density at radius 3 is 1.83 bits per heavy atom. The number of hydrogen-bond donors (Lipinski definition) is 0. The fourth-order valence-corrected chi connectivity index (χ4v) is 1.78. The van der Waals surface area contributed by atoms with Crippen molar-refractivity contribution in [3.8, 4) is 0 Å². The summed E-state index contributed by atoms with van der Waals surface area (Å²) in [6.07, 6.45) is 2.58. The van der Waals surface area contributed by atoms with Crippen molar-refractivity contribution in [2.75, 3.05) is 0 Å². The molecule has 0 saturated heterocycles. The zero-order chi connectivity index (χ0) is 6.97. The third-order valence-corrected chi connectivity index (χ3v) is 2.26. The average molecular weight is 164 g/mol. The van der Waals surface area contributed by atoms with Gasteiger partial charge in [0.25, 0.3) is 0 Å². The average Bonchev–Trinajstić information content (AvgIpc) is 2.27. The van der Waals surface area contributed by atoms with Gasteiger partial charge < -0.3 is 0 Å². The molecule has 0 spiro atoms. The highest BCUT2D eigenvalue weighted by Crippen LogP contribution is 2.25. The Labute approximate surface area is 76.6 Å². The Hall–Kier alpha value is -0.780. The maximum Gasteiger partial charge on any atom is -0.0247 e. The van der Waals surface area contributed by atoms with E-state index in [1.165, 1.54) is 12.8 Å². The Kier molecular flexibility index (Phi) is 4.02. The molecule has 0 fully saturated rings. The summed E-state index contributed by atoms with van der Waals surface area (Å²) in [4.78, 5) is 0. The van der Waals surface area contributed by atoms with Crippen LogP contribution in [-0.2, 0) is 12.8 Å². The molecule has 0 heteroatoms. The normalized spacial score (nSPS) is 14.4. The van der Waals surface area contributed by atoms with Crippen LogP contribution in [0.4, 0.5) is 0 Å². The van der Waals surface area contributed by atoms with Crippen LogP contribution in [0.5, 0.6) is 0 Å². The molecule has 0 amide bonds. The van der Waals surface area contributed by atoms with E-state index in [-0.39, 0.29) is 14.9 Å². The lowest BCUT2D eigenvalue weighted by Crippen LogP contribution is -1.89. The summed E-state index contributed by atoms with van der Waals surface area (Å²) < 4.78 is 0. The predicted octanol–water partition coefficient (Wildman–Crippen LogP) is 3.69. The van der Waals surface area contributed by atoms with Gasteiger partial charge in [-0.2, -0.15) is 0 Å². The van der Waals surface area contributed by atoms with Gasteiger partial charge in [0.2, 0.25) is 0 Å². The minimum absolute atomic E-state index is 0. The molecule has 1 aromatic carbocycles. The Bertz CT molecular complexity index is 213. The molecular formula is C12H20. The van der Waals surface area contributed by atoms with Crippen molar-refractivity contribution in [3.63, 3.8) is 0 Å². The molecule has 0 heterocycles. The van der Waals surface area contributed by atoms with Crippen LogP contribution >= 0.6 is 0 Å². The van der Waals surface area contributed by atoms with Crippen molar-refractivity contribution < 1.29 is 0 Å². The summed E-state index contributed by atoms with van der Waals surface area (Å²) in [5, 5.41) is 0. The smallest absolute Gasteiger partial charge is 0.0247 e. The summed E-state index contributed by atoms with van der Waals surface area (Å²) in [6, 6.07) is 8.77. The van der Waals surface area contributed by atoms with E-state index >= 15 is 0 Å². The first-order valence-corrected chi connectivity index (χ1v) is 3.93. The third kappa shape index (κ3) is 1.88. The zero-order valence-corrected chi connectivity index (χ0v) is 6.30. The van der Waals surface area contributed by atoms with E-state index < -0.39 is 0 Å². The summed E-state index contributed by atoms with van der Waals surface area (Å²) in [5.41, 5.74) is 3.13. The third-order valence-electron chi connectivity index (χ3n) is 2.26. The van der Waals surface area contributed by atoms with E-state index in [9.17, 15) is 0 Å². The molecule has 0 aromatic heterocycles. The van der Waals surface area contributed by atoms with E-state index in [2.05, 4.69) is 31.2 Å². The van der Waals surface area contributed by atoms with Gasteiger partial charge in [0, 0.05) is 0 Å². The van der Waals surface area contributed by atoms with Crippen molar-refractivity contribution in [2.45, 2.75) is 34.6 Å². The standard InChI is InChI=1S/C10H12.2CH4/c1-8-6-9-4-2-3-5-10(9)7-8;;/h2-5,8H,6-7H2,1H3;2*1H4. The summed E-state index contributed by atoms with van der Waals surface area (Å²) in [6.45, 7) is 2.32. The minimum atomic E-state index is 0. The van der Waals surface area contributed by atoms with Crippen LogP contribution in [0.2, 0.25) is 0 Å². The first-order valence-electron chi connectivity index (χ1n) is 3.93. The van der Waals surface area contributed by atoms with Gasteiger partial charge in [-0.25, -0.2) is 0 Å². The van der Waals surface area contributed by atoms with E-state index in [0.717, 1.165) is 5.92 Å². The molecule has 0 saturated carbocycles. The zero-order valence-electron chi connectivity index (χ0n) is 6.30. The van der Waals surface area contributed by atoms with Crippen LogP contribution < -0.4 is 0 Å². The molecule has 2 rings (SSSR count). The quantitative estimate of drug-likeness (QED) is 0.548. The SMILES string of the molecule is C.C.CC1Cc2ccccc2C1. The van der Waals surface area contributed by atoms with E-state index in [1.807, 2.05) is 0 Å². The summed E-state index contributed by atoms with van der Waals surface area (Å²) in [7, 11) is 0. The van der Waals surface area contributed by atoms with Crippen molar-refractivity contribution in [1.29, 1.82) is 0 Å². The Balaban J connectivity index is 0.000000605. The molecule has 0 nitrogen and oxygen atoms in total. The van der Waals surface area contributed by atoms with Gasteiger partial charge in [0.15, 0.2) is 0 Å². The van der Waals surface area contributed by atoms with Gasteiger partial charge in [0.05, 0.1) is 0 Å². The van der Waals surface area contributed by atoms with Gasteiger partial charge in [-0.3, -0.25) is 0 Å². The van der Waals surface area contributed by atoms with Crippen LogP contribution in [0, 0.1) is 5.92 Å². The first-order chi connectivity index (χ1) is 4.86. The fraction of sp³-hybridized carbons (Fsp3) is 0.500. The minimum Gasteiger partial charge on any atom is -0.0776 e. The molecule has 68 valence electrons. The second-order valence-electron chi connectivity index (χ2n) is 3.28. The van der Waals surface area contributed by atoms with E-state index in [0.29, 0.717) is 0 Å². The molecule has 0 atom stereocenters. The van der Waals surface area contributed by atoms with Gasteiger partial charge in [0.1, 0.15) is 0 Å². The number of benzene rings is 1. The highest BCUT2D eigenvalue weighted by atomic mass is 14.2. The maximum absolute atomic E-state index is 2.32. The van der Waals surface area contributed by atoms with Gasteiger partial charge in [-0.05, 0) is 29.9 Å². The van der Waals surface area contributed by atoms with Crippen LogP contribution in [0.25, 0.3) is 0 Å². The Morgan fingerprint density at radius 2 is 1.42 bits per heavy atom. The monoisotopic (exact) mass is 164 g/mol. The maximum atomic E-state index is 2.32. The predicted molar refractivity (Wildman–Crippen MR) is 56.5 cm³/mol. The topological polar surface area (TPSA) is 0 Å². The number of rotatable bonds is 0. The largest absolute Gasteiger partial charge is 0.0776 e. The first kappa shape index (κ1) is 11.2. The van der Waals surface area contributed by atoms with Gasteiger partial charge >= 0.3 is 0 Å². The molecule has 12 heavy (non-hydrogen) atoms. The summed E-state index contributed by atoms with van der Waals surface area (Å²) in [5.74, 6) is 0.873. The second kappa shape index (κ2) is 4.30. The molecule has 1 aromatic rings. The van der Waals surface area contributed by atoms with Crippen molar-refractivity contribution >= 4 is 0 Å². The molecule has 1 aliphatic rings. The van der Waals surface area contributed by atoms with Crippen LogP contribution in [-0.4, -0.2) is 0 Å². The number of fused-ring (bicyclic) bond motifs is 1. The molecule has 0 bridgehead atoms. The lowest BCUT2D eigenvalue weighted by molar-refractivity contribution is 0.628. The molecule has 1 aliphatic carbocycles. The second-order valence-corrected chi connectivity index (χ2v) is 3.28. The van der Waals surface area contributed by atoms with Crippen LogP contribution in [0.15, 0.2) is 24.3 Å². The van der Waals surface area contributed by atoms with Crippen molar-refractivity contribution in [1.82, 2.24) is 0 Å². The van der Waals surface area contributed by atoms with Crippen molar-refractivity contribution in [3.05, 3.63) is 35.4 Å². The Morgan fingerprint density at radius 1 is 1.00 bits per heavy atom. The van der Waals surface area contributed by atoms with Gasteiger partial charge in [-0.15, -0.1) is 0 Å².